The molecule has 1 fully saturated rings. The second-order valence-electron chi connectivity index (χ2n) is 11.2. The summed E-state index contributed by atoms with van der Waals surface area (Å²) >= 11 is -2.02. The Morgan fingerprint density at radius 1 is 1.04 bits per heavy atom. The van der Waals surface area contributed by atoms with Crippen molar-refractivity contribution in [3.8, 4) is 0 Å². The second-order valence-corrected chi connectivity index (χ2v) is 13.8. The number of hydroxylamine groups is 2. The van der Waals surface area contributed by atoms with E-state index in [-0.39, 0.29) is 41.4 Å². The van der Waals surface area contributed by atoms with E-state index in [4.69, 9.17) is 9.02 Å². The highest BCUT2D eigenvalue weighted by Gasteiger charge is 2.39. The van der Waals surface area contributed by atoms with Crippen LogP contribution in [-0.4, -0.2) is 78.1 Å². The van der Waals surface area contributed by atoms with Crippen LogP contribution < -0.4 is 14.4 Å². The summed E-state index contributed by atoms with van der Waals surface area (Å²) in [7, 11) is -3.03. The number of nitrogens with zero attached hydrogens (tertiary/aromatic N) is 5. The molecule has 3 aromatic rings. The number of halogens is 6. The van der Waals surface area contributed by atoms with Crippen molar-refractivity contribution < 1.29 is 57.1 Å². The summed E-state index contributed by atoms with van der Waals surface area (Å²) in [5, 5.41) is 1.47. The molecule has 1 saturated heterocycles. The van der Waals surface area contributed by atoms with Gasteiger partial charge in [0.25, 0.3) is 5.82 Å². The van der Waals surface area contributed by atoms with Gasteiger partial charge in [0.2, 0.25) is 11.1 Å². The van der Waals surface area contributed by atoms with E-state index in [9.17, 15) is 43.5 Å². The fourth-order valence-corrected chi connectivity index (χ4v) is 7.04. The molecule has 0 aliphatic carbocycles. The van der Waals surface area contributed by atoms with Crippen molar-refractivity contribution in [2.45, 2.75) is 37.1 Å². The molecule has 0 saturated carbocycles. The molecule has 0 spiro atoms. The van der Waals surface area contributed by atoms with Crippen molar-refractivity contribution in [3.63, 3.8) is 0 Å². The lowest BCUT2D eigenvalue weighted by Gasteiger charge is -2.25. The summed E-state index contributed by atoms with van der Waals surface area (Å²) in [5.74, 6) is -0.318. The molecule has 0 amide bonds. The number of rotatable bonds is 11. The molecule has 5 rings (SSSR count). The summed E-state index contributed by atoms with van der Waals surface area (Å²) in [6, 6.07) is 7.53. The van der Waals surface area contributed by atoms with Gasteiger partial charge in [0, 0.05) is 37.5 Å². The smallest absolute Gasteiger partial charge is 0.416 e. The maximum atomic E-state index is 13.9. The summed E-state index contributed by atoms with van der Waals surface area (Å²) in [5.41, 5.74) is 0.126. The van der Waals surface area contributed by atoms with Gasteiger partial charge in [-0.25, -0.2) is 21.8 Å². The van der Waals surface area contributed by atoms with E-state index in [0.717, 1.165) is 17.0 Å². The van der Waals surface area contributed by atoms with Crippen LogP contribution in [0.4, 0.5) is 37.7 Å². The Labute approximate surface area is 280 Å². The van der Waals surface area contributed by atoms with E-state index in [1.165, 1.54) is 46.1 Å². The van der Waals surface area contributed by atoms with Crippen LogP contribution in [0.3, 0.4) is 0 Å². The minimum atomic E-state index is -4.66. The van der Waals surface area contributed by atoms with Crippen LogP contribution in [0.25, 0.3) is 17.1 Å². The third-order valence-electron chi connectivity index (χ3n) is 7.91. The molecule has 49 heavy (non-hydrogen) atoms. The van der Waals surface area contributed by atoms with Gasteiger partial charge in [-0.15, -0.1) is 0 Å². The number of fused-ring (bicyclic) bond motifs is 2. The number of benzene rings is 2. The fraction of sp³-hybridized carbons (Fsp3) is 0.433. The number of hydrogen-bond acceptors (Lipinski definition) is 9. The fourth-order valence-electron chi connectivity index (χ4n) is 5.75. The third kappa shape index (κ3) is 8.64. The molecule has 11 nitrogen and oxygen atoms in total. The Bertz CT molecular complexity index is 1890. The summed E-state index contributed by atoms with van der Waals surface area (Å²) in [4.78, 5) is 2.81. The van der Waals surface area contributed by atoms with Gasteiger partial charge in [0.05, 0.1) is 58.8 Å². The van der Waals surface area contributed by atoms with Gasteiger partial charge in [-0.05, 0) is 49.8 Å². The van der Waals surface area contributed by atoms with Crippen molar-refractivity contribution in [3.05, 3.63) is 65.8 Å². The predicted octanol–water partition coefficient (Wildman–Crippen LogP) is 4.47. The summed E-state index contributed by atoms with van der Waals surface area (Å²) in [6.07, 6.45) is -5.16. The molecule has 1 aromatic heterocycles. The highest BCUT2D eigenvalue weighted by atomic mass is 32.2. The van der Waals surface area contributed by atoms with E-state index in [0.29, 0.717) is 43.3 Å². The normalized spacial score (nSPS) is 17.9. The predicted molar refractivity (Wildman–Crippen MR) is 167 cm³/mol. The molecule has 2 aliphatic rings. The minimum absolute atomic E-state index is 0.120. The number of allylic oxidation sites excluding steroid dienone is 2. The number of hydrogen-bond donors (Lipinski definition) is 0. The average molecular weight is 738 g/mol. The van der Waals surface area contributed by atoms with Gasteiger partial charge in [0.1, 0.15) is 12.4 Å². The quantitative estimate of drug-likeness (QED) is 0.160. The maximum absolute atomic E-state index is 13.9. The van der Waals surface area contributed by atoms with Crippen LogP contribution in [-0.2, 0) is 50.0 Å². The Morgan fingerprint density at radius 3 is 2.39 bits per heavy atom. The summed E-state index contributed by atoms with van der Waals surface area (Å²) in [6.45, 7) is 1.99. The number of alkyl halides is 6. The monoisotopic (exact) mass is 737 g/mol. The summed E-state index contributed by atoms with van der Waals surface area (Å²) < 4.78 is 143. The topological polar surface area (TPSA) is 111 Å². The number of ether oxygens (including phenoxy) is 1. The lowest BCUT2D eigenvalue weighted by atomic mass is 10.2. The molecule has 0 bridgehead atoms. The van der Waals surface area contributed by atoms with Gasteiger partial charge in [-0.1, -0.05) is 6.08 Å². The standard InChI is InChI=1S/C30H33F6N5O6S2/c1-3-39-24-11-9-22(48(42)47-38-13-15-46-16-14-38)19-26(24)41(20-29(31,32)33)28(39)7-4-6-27-37(2)23-10-8-21(30(34,35)36)18-25(23)40(27)12-5-17-49(43,44)45/h4,6-11,18-19H,3,5,12-17,20H2,1-2H3. The van der Waals surface area contributed by atoms with Crippen molar-refractivity contribution in [2.24, 2.45) is 7.05 Å². The van der Waals surface area contributed by atoms with Crippen LogP contribution in [0.15, 0.2) is 59.3 Å². The van der Waals surface area contributed by atoms with E-state index in [1.54, 1.807) is 29.5 Å². The first-order chi connectivity index (χ1) is 23.0. The number of anilines is 2. The van der Waals surface area contributed by atoms with Gasteiger partial charge in [0.15, 0.2) is 11.0 Å². The van der Waals surface area contributed by atoms with Gasteiger partial charge >= 0.3 is 12.4 Å². The zero-order valence-corrected chi connectivity index (χ0v) is 28.0. The SMILES string of the molecule is CCN1/C(=C\C=C\c2n(CCCS(=O)(=O)[O-])c3cc(C(F)(F)F)ccc3[n+]2C)N(CC(F)(F)F)c2cc(S(=O)ON3CCOCC3)ccc21. The molecule has 1 atom stereocenters. The lowest BCUT2D eigenvalue weighted by molar-refractivity contribution is -0.647. The van der Waals surface area contributed by atoms with Crippen LogP contribution in [0.2, 0.25) is 0 Å². The first-order valence-corrected chi connectivity index (χ1v) is 17.7. The molecule has 268 valence electrons. The number of aryl methyl sites for hydroxylation is 2. The van der Waals surface area contributed by atoms with E-state index in [1.807, 2.05) is 0 Å². The Kier molecular flexibility index (Phi) is 10.8. The zero-order valence-electron chi connectivity index (χ0n) is 26.3. The molecule has 19 heteroatoms. The number of aromatic nitrogens is 2. The van der Waals surface area contributed by atoms with Crippen LogP contribution in [0.1, 0.15) is 24.7 Å². The van der Waals surface area contributed by atoms with Gasteiger partial charge in [-0.2, -0.15) is 35.7 Å². The third-order valence-corrected chi connectivity index (χ3v) is 9.69. The van der Waals surface area contributed by atoms with E-state index < -0.39 is 51.4 Å². The van der Waals surface area contributed by atoms with E-state index >= 15 is 0 Å². The lowest BCUT2D eigenvalue weighted by Crippen LogP contribution is -2.36. The molecule has 0 N–H and O–H groups in total. The Balaban J connectivity index is 1.53. The highest BCUT2D eigenvalue weighted by Crippen LogP contribution is 2.44. The molecular formula is C30H33F6N5O6S2. The molecule has 2 aromatic carbocycles. The first-order valence-electron chi connectivity index (χ1n) is 15.1. The van der Waals surface area contributed by atoms with Crippen LogP contribution in [0.5, 0.6) is 0 Å². The minimum Gasteiger partial charge on any atom is -0.748 e. The molecule has 2 aliphatic heterocycles. The average Bonchev–Trinajstić information content (AvgIpc) is 3.45. The first kappa shape index (κ1) is 36.8. The van der Waals surface area contributed by atoms with Gasteiger partial charge < -0.3 is 19.1 Å². The highest BCUT2D eigenvalue weighted by molar-refractivity contribution is 7.85. The molecule has 1 unspecified atom stereocenters. The second kappa shape index (κ2) is 14.4. The maximum Gasteiger partial charge on any atom is 0.416 e. The van der Waals surface area contributed by atoms with E-state index in [2.05, 4.69) is 0 Å². The van der Waals surface area contributed by atoms with Crippen molar-refractivity contribution in [2.75, 3.05) is 54.9 Å². The van der Waals surface area contributed by atoms with Crippen molar-refractivity contribution >= 4 is 49.7 Å². The Morgan fingerprint density at radius 2 is 1.76 bits per heavy atom. The van der Waals surface area contributed by atoms with Crippen LogP contribution in [0, 0.1) is 0 Å². The molecular weight excluding hydrogens is 704 g/mol. The number of morpholine rings is 1. The molecule has 0 radical (unpaired) electrons. The largest absolute Gasteiger partial charge is 0.748 e. The van der Waals surface area contributed by atoms with Crippen molar-refractivity contribution in [1.29, 1.82) is 0 Å². The van der Waals surface area contributed by atoms with Crippen LogP contribution >= 0.6 is 0 Å². The van der Waals surface area contributed by atoms with Gasteiger partial charge in [-0.3, -0.25) is 0 Å². The van der Waals surface area contributed by atoms with Crippen molar-refractivity contribution in [1.82, 2.24) is 9.63 Å². The number of imidazole rings is 1. The Hall–Kier alpha value is -3.49. The zero-order chi connectivity index (χ0) is 35.7. The molecule has 3 heterocycles.